The zero-order chi connectivity index (χ0) is 16.9. The standard InChI is InChI=1S/C18H21N3O3/c1-2-24-18(23)20-14-7-5-11-21(12-14)17(22)16-15-8-4-3-6-13(15)9-10-19-16/h3-4,6,8-10,14H,2,5,7,11-12H2,1H3,(H,20,23). The number of ether oxygens (including phenoxy) is 1. The minimum absolute atomic E-state index is 0.0864. The third-order valence-corrected chi connectivity index (χ3v) is 4.18. The quantitative estimate of drug-likeness (QED) is 0.940. The Labute approximate surface area is 140 Å². The van der Waals surface area contributed by atoms with E-state index in [-0.39, 0.29) is 11.9 Å². The molecule has 0 bridgehead atoms. The molecule has 3 rings (SSSR count). The highest BCUT2D eigenvalue weighted by molar-refractivity contribution is 6.05. The summed E-state index contributed by atoms with van der Waals surface area (Å²) in [5, 5.41) is 4.66. The van der Waals surface area contributed by atoms with Crippen molar-refractivity contribution in [3.8, 4) is 0 Å². The lowest BCUT2D eigenvalue weighted by Crippen LogP contribution is -2.49. The molecule has 0 aliphatic carbocycles. The van der Waals surface area contributed by atoms with Crippen molar-refractivity contribution in [3.05, 3.63) is 42.2 Å². The van der Waals surface area contributed by atoms with Gasteiger partial charge >= 0.3 is 6.09 Å². The van der Waals surface area contributed by atoms with E-state index < -0.39 is 6.09 Å². The molecule has 1 unspecified atom stereocenters. The lowest BCUT2D eigenvalue weighted by atomic mass is 10.0. The number of likely N-dealkylation sites (tertiary alicyclic amines) is 1. The van der Waals surface area contributed by atoms with Gasteiger partial charge in [0, 0.05) is 30.7 Å². The number of nitrogens with zero attached hydrogens (tertiary/aromatic N) is 2. The van der Waals surface area contributed by atoms with Gasteiger partial charge in [-0.15, -0.1) is 0 Å². The van der Waals surface area contributed by atoms with E-state index in [2.05, 4.69) is 10.3 Å². The third-order valence-electron chi connectivity index (χ3n) is 4.18. The van der Waals surface area contributed by atoms with Gasteiger partial charge in [0.05, 0.1) is 6.61 Å². The minimum Gasteiger partial charge on any atom is -0.450 e. The lowest BCUT2D eigenvalue weighted by Gasteiger charge is -2.32. The summed E-state index contributed by atoms with van der Waals surface area (Å²) in [6.45, 7) is 3.25. The number of piperidine rings is 1. The highest BCUT2D eigenvalue weighted by Gasteiger charge is 2.27. The number of benzene rings is 1. The SMILES string of the molecule is CCOC(=O)NC1CCCN(C(=O)c2nccc3ccccc23)C1. The summed E-state index contributed by atoms with van der Waals surface area (Å²) < 4.78 is 4.92. The molecule has 1 aromatic heterocycles. The topological polar surface area (TPSA) is 71.5 Å². The third kappa shape index (κ3) is 3.48. The number of hydrogen-bond acceptors (Lipinski definition) is 4. The van der Waals surface area contributed by atoms with Gasteiger partial charge in [0.1, 0.15) is 5.69 Å². The number of fused-ring (bicyclic) bond motifs is 1. The first kappa shape index (κ1) is 16.2. The summed E-state index contributed by atoms with van der Waals surface area (Å²) in [5.41, 5.74) is 0.463. The fourth-order valence-corrected chi connectivity index (χ4v) is 3.06. The number of nitrogens with one attached hydrogen (secondary N) is 1. The van der Waals surface area contributed by atoms with Crippen LogP contribution in [0.4, 0.5) is 4.79 Å². The Kier molecular flexibility index (Phi) is 4.93. The van der Waals surface area contributed by atoms with Gasteiger partial charge in [0.15, 0.2) is 0 Å². The van der Waals surface area contributed by atoms with E-state index in [1.165, 1.54) is 0 Å². The molecule has 6 nitrogen and oxygen atoms in total. The van der Waals surface area contributed by atoms with Crippen LogP contribution in [0, 0.1) is 0 Å². The molecule has 1 saturated heterocycles. The molecule has 6 heteroatoms. The van der Waals surface area contributed by atoms with Crippen LogP contribution in [0.5, 0.6) is 0 Å². The molecule has 126 valence electrons. The predicted octanol–water partition coefficient (Wildman–Crippen LogP) is 2.59. The van der Waals surface area contributed by atoms with E-state index >= 15 is 0 Å². The first-order valence-electron chi connectivity index (χ1n) is 8.25. The second kappa shape index (κ2) is 7.29. The monoisotopic (exact) mass is 327 g/mol. The van der Waals surface area contributed by atoms with Crippen LogP contribution in [-0.2, 0) is 4.74 Å². The van der Waals surface area contributed by atoms with Crippen molar-refractivity contribution in [2.75, 3.05) is 19.7 Å². The molecule has 1 fully saturated rings. The van der Waals surface area contributed by atoms with Crippen molar-refractivity contribution in [2.24, 2.45) is 0 Å². The van der Waals surface area contributed by atoms with Crippen molar-refractivity contribution in [3.63, 3.8) is 0 Å². The Morgan fingerprint density at radius 3 is 3.00 bits per heavy atom. The molecular weight excluding hydrogens is 306 g/mol. The molecule has 0 saturated carbocycles. The zero-order valence-electron chi connectivity index (χ0n) is 13.7. The van der Waals surface area contributed by atoms with Crippen LogP contribution < -0.4 is 5.32 Å². The smallest absolute Gasteiger partial charge is 0.407 e. The van der Waals surface area contributed by atoms with E-state index in [0.717, 1.165) is 23.6 Å². The van der Waals surface area contributed by atoms with Crippen LogP contribution in [0.2, 0.25) is 0 Å². The maximum Gasteiger partial charge on any atom is 0.407 e. The Balaban J connectivity index is 1.75. The molecular formula is C18H21N3O3. The molecule has 0 radical (unpaired) electrons. The number of alkyl carbamates (subject to hydrolysis) is 1. The number of rotatable bonds is 3. The van der Waals surface area contributed by atoms with Crippen molar-refractivity contribution >= 4 is 22.8 Å². The first-order chi connectivity index (χ1) is 11.7. The van der Waals surface area contributed by atoms with Gasteiger partial charge in [-0.05, 0) is 31.2 Å². The van der Waals surface area contributed by atoms with Crippen molar-refractivity contribution < 1.29 is 14.3 Å². The van der Waals surface area contributed by atoms with Gasteiger partial charge < -0.3 is 15.0 Å². The van der Waals surface area contributed by atoms with Gasteiger partial charge in [-0.3, -0.25) is 9.78 Å². The molecule has 2 amide bonds. The van der Waals surface area contributed by atoms with Crippen molar-refractivity contribution in [2.45, 2.75) is 25.8 Å². The highest BCUT2D eigenvalue weighted by atomic mass is 16.5. The normalized spacial score (nSPS) is 17.5. The maximum absolute atomic E-state index is 12.9. The number of hydrogen-bond donors (Lipinski definition) is 1. The van der Waals surface area contributed by atoms with Gasteiger partial charge in [-0.2, -0.15) is 0 Å². The van der Waals surface area contributed by atoms with E-state index in [1.807, 2.05) is 30.3 Å². The maximum atomic E-state index is 12.9. The van der Waals surface area contributed by atoms with Crippen LogP contribution in [0.15, 0.2) is 36.5 Å². The molecule has 1 atom stereocenters. The summed E-state index contributed by atoms with van der Waals surface area (Å²) in [6, 6.07) is 9.53. The number of carbonyl (C=O) groups is 2. The lowest BCUT2D eigenvalue weighted by molar-refractivity contribution is 0.0682. The second-order valence-electron chi connectivity index (χ2n) is 5.84. The number of amides is 2. The van der Waals surface area contributed by atoms with Crippen LogP contribution >= 0.6 is 0 Å². The summed E-state index contributed by atoms with van der Waals surface area (Å²) in [6.07, 6.45) is 2.91. The van der Waals surface area contributed by atoms with E-state index in [4.69, 9.17) is 4.74 Å². The first-order valence-corrected chi connectivity index (χ1v) is 8.25. The average Bonchev–Trinajstić information content (AvgIpc) is 2.61. The fraction of sp³-hybridized carbons (Fsp3) is 0.389. The molecule has 2 aromatic rings. The van der Waals surface area contributed by atoms with Gasteiger partial charge in [0.2, 0.25) is 0 Å². The van der Waals surface area contributed by atoms with Gasteiger partial charge in [0.25, 0.3) is 5.91 Å². The van der Waals surface area contributed by atoms with Crippen LogP contribution in [0.1, 0.15) is 30.3 Å². The van der Waals surface area contributed by atoms with Crippen molar-refractivity contribution in [1.82, 2.24) is 15.2 Å². The molecule has 0 spiro atoms. The molecule has 2 heterocycles. The summed E-state index contributed by atoms with van der Waals surface area (Å²) in [7, 11) is 0. The molecule has 1 aliphatic rings. The van der Waals surface area contributed by atoms with Crippen molar-refractivity contribution in [1.29, 1.82) is 0 Å². The number of pyridine rings is 1. The summed E-state index contributed by atoms with van der Waals surface area (Å²) in [5.74, 6) is -0.0952. The highest BCUT2D eigenvalue weighted by Crippen LogP contribution is 2.20. The Morgan fingerprint density at radius 1 is 1.33 bits per heavy atom. The van der Waals surface area contributed by atoms with Crippen LogP contribution in [-0.4, -0.2) is 47.6 Å². The zero-order valence-corrected chi connectivity index (χ0v) is 13.7. The molecule has 1 aliphatic heterocycles. The van der Waals surface area contributed by atoms with Gasteiger partial charge in [-0.25, -0.2) is 4.79 Å². The number of aromatic nitrogens is 1. The molecule has 1 aromatic carbocycles. The van der Waals surface area contributed by atoms with E-state index in [0.29, 0.717) is 25.4 Å². The van der Waals surface area contributed by atoms with E-state index in [9.17, 15) is 9.59 Å². The molecule has 1 N–H and O–H groups in total. The fourth-order valence-electron chi connectivity index (χ4n) is 3.06. The Morgan fingerprint density at radius 2 is 2.17 bits per heavy atom. The minimum atomic E-state index is -0.430. The van der Waals surface area contributed by atoms with E-state index in [1.54, 1.807) is 18.0 Å². The number of carbonyl (C=O) groups excluding carboxylic acids is 2. The Hall–Kier alpha value is -2.63. The van der Waals surface area contributed by atoms with Gasteiger partial charge in [-0.1, -0.05) is 24.3 Å². The van der Waals surface area contributed by atoms with Crippen LogP contribution in [0.3, 0.4) is 0 Å². The Bertz CT molecular complexity index is 742. The predicted molar refractivity (Wildman–Crippen MR) is 90.8 cm³/mol. The second-order valence-corrected chi connectivity index (χ2v) is 5.84. The summed E-state index contributed by atoms with van der Waals surface area (Å²) >= 11 is 0. The largest absolute Gasteiger partial charge is 0.450 e. The average molecular weight is 327 g/mol. The molecule has 24 heavy (non-hydrogen) atoms. The van der Waals surface area contributed by atoms with Crippen LogP contribution in [0.25, 0.3) is 10.8 Å². The summed E-state index contributed by atoms with van der Waals surface area (Å²) in [4.78, 5) is 30.5.